The third-order valence-electron chi connectivity index (χ3n) is 2.85. The molecule has 0 saturated carbocycles. The molecule has 0 saturated heterocycles. The van der Waals surface area contributed by atoms with E-state index in [0.717, 1.165) is 0 Å². The fraction of sp³-hybridized carbons (Fsp3) is 0.231. The number of benzene rings is 1. The Morgan fingerprint density at radius 3 is 2.86 bits per heavy atom. The molecule has 2 N–H and O–H groups in total. The van der Waals surface area contributed by atoms with Crippen LogP contribution >= 0.6 is 11.6 Å². The zero-order chi connectivity index (χ0) is 16.1. The average Bonchev–Trinajstić information content (AvgIpc) is 2.80. The summed E-state index contributed by atoms with van der Waals surface area (Å²) < 4.78 is 1.47. The molecule has 0 atom stereocenters. The number of anilines is 1. The number of carbonyl (C=O) groups excluding carboxylic acids is 1. The van der Waals surface area contributed by atoms with Crippen LogP contribution in [0.1, 0.15) is 5.69 Å². The topological polar surface area (TPSA) is 102 Å². The monoisotopic (exact) mass is 323 g/mol. The number of nitrogens with zero attached hydrogens (tertiary/aromatic N) is 3. The minimum atomic E-state index is -0.553. The van der Waals surface area contributed by atoms with Crippen molar-refractivity contribution in [2.24, 2.45) is 0 Å². The number of carbonyl (C=O) groups is 1. The molecule has 1 heterocycles. The largest absolute Gasteiger partial charge is 0.390 e. The number of halogens is 1. The third-order valence-corrected chi connectivity index (χ3v) is 3.08. The molecule has 0 radical (unpaired) electrons. The molecule has 1 aromatic heterocycles. The first-order valence-electron chi connectivity index (χ1n) is 6.45. The van der Waals surface area contributed by atoms with Crippen molar-refractivity contribution >= 4 is 29.1 Å². The van der Waals surface area contributed by atoms with Crippen LogP contribution in [-0.4, -0.2) is 27.3 Å². The standard InChI is InChI=1S/C13H14ClN5O3/c1-9-7-12(19(21)22)17-18(9)6-5-15-13(20)16-11-4-2-3-10(14)8-11/h2-4,7-8H,5-6H2,1H3,(H2,15,16,20). The number of amides is 2. The fourth-order valence-corrected chi connectivity index (χ4v) is 2.02. The molecule has 22 heavy (non-hydrogen) atoms. The maximum absolute atomic E-state index is 11.7. The molecule has 0 aliphatic carbocycles. The number of rotatable bonds is 5. The van der Waals surface area contributed by atoms with Crippen molar-refractivity contribution in [3.05, 3.63) is 51.2 Å². The van der Waals surface area contributed by atoms with Gasteiger partial charge in [0, 0.05) is 17.3 Å². The Bertz CT molecular complexity index is 701. The van der Waals surface area contributed by atoms with E-state index in [0.29, 0.717) is 22.9 Å². The van der Waals surface area contributed by atoms with Crippen LogP contribution in [0, 0.1) is 17.0 Å². The third kappa shape index (κ3) is 4.19. The van der Waals surface area contributed by atoms with Crippen molar-refractivity contribution in [1.82, 2.24) is 15.1 Å². The first-order valence-corrected chi connectivity index (χ1v) is 6.83. The molecule has 0 fully saturated rings. The first kappa shape index (κ1) is 15.8. The van der Waals surface area contributed by atoms with E-state index >= 15 is 0 Å². The second-order valence-corrected chi connectivity index (χ2v) is 4.95. The van der Waals surface area contributed by atoms with Crippen LogP contribution in [0.4, 0.5) is 16.3 Å². The SMILES string of the molecule is Cc1cc([N+](=O)[O-])nn1CCNC(=O)Nc1cccc(Cl)c1. The Morgan fingerprint density at radius 1 is 1.45 bits per heavy atom. The zero-order valence-electron chi connectivity index (χ0n) is 11.7. The predicted octanol–water partition coefficient (Wildman–Crippen LogP) is 2.57. The van der Waals surface area contributed by atoms with E-state index < -0.39 is 4.92 Å². The first-order chi connectivity index (χ1) is 10.5. The van der Waals surface area contributed by atoms with Crippen LogP contribution in [0.5, 0.6) is 0 Å². The van der Waals surface area contributed by atoms with Gasteiger partial charge in [-0.15, -0.1) is 0 Å². The highest BCUT2D eigenvalue weighted by Gasteiger charge is 2.14. The highest BCUT2D eigenvalue weighted by molar-refractivity contribution is 6.30. The van der Waals surface area contributed by atoms with Gasteiger partial charge in [-0.1, -0.05) is 17.7 Å². The Balaban J connectivity index is 1.83. The predicted molar refractivity (Wildman–Crippen MR) is 82.1 cm³/mol. The lowest BCUT2D eigenvalue weighted by Crippen LogP contribution is -2.31. The maximum atomic E-state index is 11.7. The molecule has 0 aliphatic heterocycles. The molecule has 2 rings (SSSR count). The van der Waals surface area contributed by atoms with Gasteiger partial charge in [0.2, 0.25) is 0 Å². The summed E-state index contributed by atoms with van der Waals surface area (Å²) in [5.41, 5.74) is 1.24. The summed E-state index contributed by atoms with van der Waals surface area (Å²) in [6.07, 6.45) is 0. The van der Waals surface area contributed by atoms with Crippen molar-refractivity contribution < 1.29 is 9.72 Å². The van der Waals surface area contributed by atoms with Gasteiger partial charge >= 0.3 is 11.8 Å². The van der Waals surface area contributed by atoms with Gasteiger partial charge in [-0.05, 0) is 30.0 Å². The summed E-state index contributed by atoms with van der Waals surface area (Å²) in [6, 6.07) is 7.77. The number of nitro groups is 1. The smallest absolute Gasteiger partial charge is 0.358 e. The molecular weight excluding hydrogens is 310 g/mol. The minimum Gasteiger partial charge on any atom is -0.358 e. The van der Waals surface area contributed by atoms with Gasteiger partial charge in [-0.3, -0.25) is 0 Å². The number of hydrogen-bond donors (Lipinski definition) is 2. The van der Waals surface area contributed by atoms with Gasteiger partial charge < -0.3 is 20.7 Å². The molecule has 2 amide bonds. The van der Waals surface area contributed by atoms with Gasteiger partial charge in [0.1, 0.15) is 0 Å². The van der Waals surface area contributed by atoms with Gasteiger partial charge in [-0.25, -0.2) is 4.79 Å². The van der Waals surface area contributed by atoms with Crippen molar-refractivity contribution in [2.45, 2.75) is 13.5 Å². The van der Waals surface area contributed by atoms with E-state index in [4.69, 9.17) is 11.6 Å². The normalized spacial score (nSPS) is 10.3. The number of urea groups is 1. The molecule has 0 aliphatic rings. The zero-order valence-corrected chi connectivity index (χ0v) is 12.5. The quantitative estimate of drug-likeness (QED) is 0.652. The van der Waals surface area contributed by atoms with Crippen molar-refractivity contribution in [3.8, 4) is 0 Å². The van der Waals surface area contributed by atoms with Gasteiger partial charge in [0.05, 0.1) is 23.4 Å². The van der Waals surface area contributed by atoms with Crippen LogP contribution in [0.2, 0.25) is 5.02 Å². The lowest BCUT2D eigenvalue weighted by Gasteiger charge is -2.07. The number of aryl methyl sites for hydroxylation is 1. The molecule has 9 heteroatoms. The van der Waals surface area contributed by atoms with Crippen LogP contribution < -0.4 is 10.6 Å². The van der Waals surface area contributed by atoms with Gasteiger partial charge in [0.15, 0.2) is 0 Å². The summed E-state index contributed by atoms with van der Waals surface area (Å²) >= 11 is 5.82. The van der Waals surface area contributed by atoms with E-state index in [1.54, 1.807) is 31.2 Å². The highest BCUT2D eigenvalue weighted by atomic mass is 35.5. The number of hydrogen-bond acceptors (Lipinski definition) is 4. The summed E-state index contributed by atoms with van der Waals surface area (Å²) in [5.74, 6) is -0.208. The van der Waals surface area contributed by atoms with E-state index in [1.165, 1.54) is 10.7 Å². The Kier molecular flexibility index (Phi) is 4.95. The van der Waals surface area contributed by atoms with Gasteiger partial charge in [-0.2, -0.15) is 4.68 Å². The van der Waals surface area contributed by atoms with Crippen LogP contribution in [0.15, 0.2) is 30.3 Å². The minimum absolute atomic E-state index is 0.208. The maximum Gasteiger partial charge on any atom is 0.390 e. The summed E-state index contributed by atoms with van der Waals surface area (Å²) in [7, 11) is 0. The van der Waals surface area contributed by atoms with Crippen LogP contribution in [0.25, 0.3) is 0 Å². The average molecular weight is 324 g/mol. The molecular formula is C13H14ClN5O3. The molecule has 116 valence electrons. The fourth-order valence-electron chi connectivity index (χ4n) is 1.83. The number of nitrogens with one attached hydrogen (secondary N) is 2. The van der Waals surface area contributed by atoms with Crippen LogP contribution in [-0.2, 0) is 6.54 Å². The molecule has 0 bridgehead atoms. The number of aromatic nitrogens is 2. The summed E-state index contributed by atoms with van der Waals surface area (Å²) in [4.78, 5) is 21.8. The van der Waals surface area contributed by atoms with E-state index in [-0.39, 0.29) is 18.4 Å². The Labute approximate surface area is 131 Å². The summed E-state index contributed by atoms with van der Waals surface area (Å²) in [5, 5.41) is 20.2. The second kappa shape index (κ2) is 6.90. The van der Waals surface area contributed by atoms with Gasteiger partial charge in [0.25, 0.3) is 0 Å². The molecule has 1 aromatic carbocycles. The van der Waals surface area contributed by atoms with E-state index in [2.05, 4.69) is 15.7 Å². The molecule has 2 aromatic rings. The lowest BCUT2D eigenvalue weighted by atomic mass is 10.3. The Hall–Kier alpha value is -2.61. The summed E-state index contributed by atoms with van der Waals surface area (Å²) in [6.45, 7) is 2.33. The molecule has 8 nitrogen and oxygen atoms in total. The van der Waals surface area contributed by atoms with Crippen molar-refractivity contribution in [2.75, 3.05) is 11.9 Å². The van der Waals surface area contributed by atoms with Crippen molar-refractivity contribution in [3.63, 3.8) is 0 Å². The van der Waals surface area contributed by atoms with E-state index in [9.17, 15) is 14.9 Å². The molecule has 0 spiro atoms. The van der Waals surface area contributed by atoms with E-state index in [1.807, 2.05) is 0 Å². The molecule has 0 unspecified atom stereocenters. The second-order valence-electron chi connectivity index (χ2n) is 4.52. The van der Waals surface area contributed by atoms with Crippen LogP contribution in [0.3, 0.4) is 0 Å². The Morgan fingerprint density at radius 2 is 2.23 bits per heavy atom. The van der Waals surface area contributed by atoms with Crippen molar-refractivity contribution in [1.29, 1.82) is 0 Å². The highest BCUT2D eigenvalue weighted by Crippen LogP contribution is 2.14. The lowest BCUT2D eigenvalue weighted by molar-refractivity contribution is -0.389.